The van der Waals surface area contributed by atoms with E-state index in [1.54, 1.807) is 67.6 Å². The topological polar surface area (TPSA) is 86.8 Å². The van der Waals surface area contributed by atoms with Crippen molar-refractivity contribution in [2.24, 2.45) is 0 Å². The maximum Gasteiger partial charge on any atom is 0.264 e. The van der Waals surface area contributed by atoms with E-state index in [1.807, 2.05) is 13.8 Å². The Bertz CT molecular complexity index is 1380. The highest BCUT2D eigenvalue weighted by atomic mass is 35.5. The highest BCUT2D eigenvalue weighted by molar-refractivity contribution is 7.92. The van der Waals surface area contributed by atoms with Gasteiger partial charge in [0.1, 0.15) is 12.6 Å². The van der Waals surface area contributed by atoms with E-state index in [0.717, 1.165) is 22.7 Å². The second kappa shape index (κ2) is 14.5. The minimum atomic E-state index is -4.13. The van der Waals surface area contributed by atoms with Crippen LogP contribution in [0.4, 0.5) is 5.69 Å². The number of hydrogen-bond donors (Lipinski definition) is 1. The molecule has 40 heavy (non-hydrogen) atoms. The van der Waals surface area contributed by atoms with Crippen LogP contribution in [0, 0.1) is 6.92 Å². The van der Waals surface area contributed by atoms with Gasteiger partial charge < -0.3 is 10.2 Å². The van der Waals surface area contributed by atoms with Gasteiger partial charge in [0.25, 0.3) is 10.0 Å². The van der Waals surface area contributed by atoms with Crippen LogP contribution in [0.1, 0.15) is 44.2 Å². The number of nitrogens with zero attached hydrogens (tertiary/aromatic N) is 2. The second-order valence-electron chi connectivity index (χ2n) is 9.45. The minimum absolute atomic E-state index is 0.0554. The highest BCUT2D eigenvalue weighted by Gasteiger charge is 2.34. The monoisotopic (exact) mass is 603 g/mol. The predicted octanol–water partition coefficient (Wildman–Crippen LogP) is 6.22. The molecular weight excluding hydrogens is 569 g/mol. The lowest BCUT2D eigenvalue weighted by atomic mass is 10.1. The van der Waals surface area contributed by atoms with Crippen LogP contribution < -0.4 is 9.62 Å². The summed E-state index contributed by atoms with van der Waals surface area (Å²) in [6.45, 7) is 5.56. The Labute approximate surface area is 247 Å². The van der Waals surface area contributed by atoms with E-state index < -0.39 is 28.5 Å². The third-order valence-electron chi connectivity index (χ3n) is 6.54. The third kappa shape index (κ3) is 7.77. The number of anilines is 1. The van der Waals surface area contributed by atoms with Gasteiger partial charge in [0.2, 0.25) is 11.8 Å². The minimum Gasteiger partial charge on any atom is -0.354 e. The van der Waals surface area contributed by atoms with Gasteiger partial charge in [-0.15, -0.1) is 0 Å². The number of carbonyl (C=O) groups excluding carboxylic acids is 2. The Morgan fingerprint density at radius 1 is 0.900 bits per heavy atom. The maximum atomic E-state index is 14.1. The van der Waals surface area contributed by atoms with E-state index in [9.17, 15) is 18.0 Å². The van der Waals surface area contributed by atoms with Gasteiger partial charge in [-0.1, -0.05) is 85.4 Å². The molecule has 3 aromatic rings. The van der Waals surface area contributed by atoms with Crippen LogP contribution >= 0.6 is 23.2 Å². The zero-order valence-electron chi connectivity index (χ0n) is 22.9. The molecule has 214 valence electrons. The Hall–Kier alpha value is -3.07. The van der Waals surface area contributed by atoms with Crippen molar-refractivity contribution in [1.82, 2.24) is 10.2 Å². The van der Waals surface area contributed by atoms with Crippen molar-refractivity contribution in [3.8, 4) is 0 Å². The van der Waals surface area contributed by atoms with E-state index in [1.165, 1.54) is 17.0 Å². The molecular formula is C30H35Cl2N3O4S. The van der Waals surface area contributed by atoms with E-state index >= 15 is 0 Å². The summed E-state index contributed by atoms with van der Waals surface area (Å²) in [5.74, 6) is -0.881. The molecule has 10 heteroatoms. The van der Waals surface area contributed by atoms with E-state index in [-0.39, 0.29) is 17.3 Å². The van der Waals surface area contributed by atoms with Gasteiger partial charge in [0, 0.05) is 28.7 Å². The van der Waals surface area contributed by atoms with Crippen molar-refractivity contribution in [1.29, 1.82) is 0 Å². The largest absolute Gasteiger partial charge is 0.354 e. The first-order chi connectivity index (χ1) is 19.1. The zero-order chi connectivity index (χ0) is 29.3. The SMILES string of the molecule is CCCCNC(=O)[C@H](CC)N(Cc1c(Cl)cccc1Cl)C(=O)CN(c1ccccc1)S(=O)(=O)c1ccc(C)cc1. The van der Waals surface area contributed by atoms with Crippen molar-refractivity contribution in [2.45, 2.75) is 57.5 Å². The van der Waals surface area contributed by atoms with Crippen LogP contribution in [-0.4, -0.2) is 44.3 Å². The van der Waals surface area contributed by atoms with Gasteiger partial charge >= 0.3 is 0 Å². The maximum absolute atomic E-state index is 14.1. The predicted molar refractivity (Wildman–Crippen MR) is 161 cm³/mol. The summed E-state index contributed by atoms with van der Waals surface area (Å²) in [6.07, 6.45) is 2.00. The molecule has 0 saturated carbocycles. The van der Waals surface area contributed by atoms with E-state index in [4.69, 9.17) is 23.2 Å². The first-order valence-corrected chi connectivity index (χ1v) is 15.4. The van der Waals surface area contributed by atoms with Gasteiger partial charge in [-0.3, -0.25) is 13.9 Å². The molecule has 1 atom stereocenters. The van der Waals surface area contributed by atoms with Crippen LogP contribution in [0.15, 0.2) is 77.7 Å². The fraction of sp³-hybridized carbons (Fsp3) is 0.333. The molecule has 0 aliphatic rings. The number of rotatable bonds is 13. The highest BCUT2D eigenvalue weighted by Crippen LogP contribution is 2.28. The van der Waals surface area contributed by atoms with Crippen molar-refractivity contribution in [3.63, 3.8) is 0 Å². The number of carbonyl (C=O) groups is 2. The summed E-state index contributed by atoms with van der Waals surface area (Å²) >= 11 is 12.9. The quantitative estimate of drug-likeness (QED) is 0.235. The summed E-state index contributed by atoms with van der Waals surface area (Å²) in [6, 6.07) is 19.0. The number of aryl methyl sites for hydroxylation is 1. The standard InChI is InChI=1S/C30H35Cl2N3O4S/c1-4-6-19-33-30(37)28(5-2)34(20-25-26(31)13-10-14-27(25)32)29(36)21-35(23-11-8-7-9-12-23)40(38,39)24-17-15-22(3)16-18-24/h7-18,28H,4-6,19-21H2,1-3H3,(H,33,37)/t28-/m0/s1. The fourth-order valence-corrected chi connectivity index (χ4v) is 6.17. The number of unbranched alkanes of at least 4 members (excludes halogenated alkanes) is 1. The van der Waals surface area contributed by atoms with E-state index in [0.29, 0.717) is 34.3 Å². The molecule has 3 aromatic carbocycles. The van der Waals surface area contributed by atoms with Gasteiger partial charge in [-0.2, -0.15) is 0 Å². The molecule has 0 spiro atoms. The summed E-state index contributed by atoms with van der Waals surface area (Å²) in [4.78, 5) is 28.8. The summed E-state index contributed by atoms with van der Waals surface area (Å²) in [7, 11) is -4.13. The van der Waals surface area contributed by atoms with Crippen molar-refractivity contribution >= 4 is 50.7 Å². The van der Waals surface area contributed by atoms with Crippen LogP contribution in [0.2, 0.25) is 10.0 Å². The summed E-state index contributed by atoms with van der Waals surface area (Å²) in [5.41, 5.74) is 1.71. The summed E-state index contributed by atoms with van der Waals surface area (Å²) in [5, 5.41) is 3.59. The Morgan fingerprint density at radius 2 is 1.52 bits per heavy atom. The van der Waals surface area contributed by atoms with Crippen LogP contribution in [0.3, 0.4) is 0 Å². The molecule has 3 rings (SSSR count). The average molecular weight is 605 g/mol. The normalized spacial score (nSPS) is 12.0. The van der Waals surface area contributed by atoms with E-state index in [2.05, 4.69) is 5.32 Å². The van der Waals surface area contributed by atoms with Crippen molar-refractivity contribution < 1.29 is 18.0 Å². The molecule has 0 radical (unpaired) electrons. The zero-order valence-corrected chi connectivity index (χ0v) is 25.3. The number of sulfonamides is 1. The second-order valence-corrected chi connectivity index (χ2v) is 12.1. The molecule has 0 bridgehead atoms. The van der Waals surface area contributed by atoms with Crippen LogP contribution in [0.25, 0.3) is 0 Å². The number of benzene rings is 3. The molecule has 2 amide bonds. The van der Waals surface area contributed by atoms with Gasteiger partial charge in [-0.05, 0) is 56.2 Å². The third-order valence-corrected chi connectivity index (χ3v) is 9.03. The molecule has 0 heterocycles. The molecule has 0 aliphatic heterocycles. The number of amides is 2. The van der Waals surface area contributed by atoms with Gasteiger partial charge in [-0.25, -0.2) is 8.42 Å². The number of para-hydroxylation sites is 1. The molecule has 0 aliphatic carbocycles. The first kappa shape index (κ1) is 31.5. The molecule has 0 aromatic heterocycles. The van der Waals surface area contributed by atoms with Crippen LogP contribution in [-0.2, 0) is 26.2 Å². The Balaban J connectivity index is 2.05. The fourth-order valence-electron chi connectivity index (χ4n) is 4.24. The van der Waals surface area contributed by atoms with Gasteiger partial charge in [0.05, 0.1) is 10.6 Å². The smallest absolute Gasteiger partial charge is 0.264 e. The summed E-state index contributed by atoms with van der Waals surface area (Å²) < 4.78 is 28.8. The Morgan fingerprint density at radius 3 is 2.10 bits per heavy atom. The van der Waals surface area contributed by atoms with Crippen molar-refractivity contribution in [3.05, 3.63) is 94.0 Å². The number of hydrogen-bond acceptors (Lipinski definition) is 4. The molecule has 0 unspecified atom stereocenters. The van der Waals surface area contributed by atoms with Crippen molar-refractivity contribution in [2.75, 3.05) is 17.4 Å². The lowest BCUT2D eigenvalue weighted by Gasteiger charge is -2.33. The van der Waals surface area contributed by atoms with Crippen LogP contribution in [0.5, 0.6) is 0 Å². The first-order valence-electron chi connectivity index (χ1n) is 13.2. The molecule has 0 saturated heterocycles. The lowest BCUT2D eigenvalue weighted by molar-refractivity contribution is -0.140. The molecule has 0 fully saturated rings. The lowest BCUT2D eigenvalue weighted by Crippen LogP contribution is -2.52. The molecule has 1 N–H and O–H groups in total. The Kier molecular flexibility index (Phi) is 11.4. The molecule has 7 nitrogen and oxygen atoms in total. The number of halogens is 2. The number of nitrogens with one attached hydrogen (secondary N) is 1. The van der Waals surface area contributed by atoms with Gasteiger partial charge in [0.15, 0.2) is 0 Å². The average Bonchev–Trinajstić information content (AvgIpc) is 2.93.